The quantitative estimate of drug-likeness (QED) is 0.142. The van der Waals surface area contributed by atoms with Crippen molar-refractivity contribution < 1.29 is 49.9 Å². The summed E-state index contributed by atoms with van der Waals surface area (Å²) in [6.45, 7) is 2.39. The van der Waals surface area contributed by atoms with Crippen LogP contribution in [0.1, 0.15) is 51.9 Å². The molecule has 0 unspecified atom stereocenters. The molecule has 14 heteroatoms. The molecule has 0 aromatic heterocycles. The minimum atomic E-state index is -5.36. The summed E-state index contributed by atoms with van der Waals surface area (Å²) < 4.78 is 74.2. The molecule has 0 radical (unpaired) electrons. The largest absolute Gasteiger partial charge is 0.491 e. The number of anilines is 1. The number of quaternary nitrogens is 1. The predicted octanol–water partition coefficient (Wildman–Crippen LogP) is 3.97. The van der Waals surface area contributed by atoms with Gasteiger partial charge in [0, 0.05) is 5.69 Å². The number of rotatable bonds is 15. The van der Waals surface area contributed by atoms with Gasteiger partial charge in [-0.2, -0.15) is 13.2 Å². The molecule has 10 nitrogen and oxygen atoms in total. The summed E-state index contributed by atoms with van der Waals surface area (Å²) in [7, 11) is 0.814. The van der Waals surface area contributed by atoms with E-state index in [2.05, 4.69) is 21.7 Å². The zero-order valence-corrected chi connectivity index (χ0v) is 22.9. The zero-order valence-electron chi connectivity index (χ0n) is 22.1. The average molecular weight is 569 g/mol. The van der Waals surface area contributed by atoms with E-state index in [1.54, 1.807) is 21.1 Å². The number of unbranched alkanes of at least 4 members (excludes halogenated alkanes) is 5. The Morgan fingerprint density at radius 2 is 1.55 bits per heavy atom. The number of hydrogen-bond donors (Lipinski definition) is 2. The summed E-state index contributed by atoms with van der Waals surface area (Å²) in [5.74, 6) is -4.20. The molecule has 0 saturated carbocycles. The Balaban J connectivity index is 2.74. The fourth-order valence-electron chi connectivity index (χ4n) is 3.41. The molecule has 1 amide bonds. The van der Waals surface area contributed by atoms with Crippen molar-refractivity contribution in [2.75, 3.05) is 39.6 Å². The third-order valence-electron chi connectivity index (χ3n) is 5.08. The third-order valence-corrected chi connectivity index (χ3v) is 6.62. The molecule has 1 aromatic carbocycles. The van der Waals surface area contributed by atoms with Crippen molar-refractivity contribution >= 4 is 33.7 Å². The van der Waals surface area contributed by atoms with Crippen LogP contribution in [0, 0.1) is 0 Å². The SMILES string of the molecule is CCCCCCCCOC(=O)Nc1ccc(S(=O)(=O)N[C@H](CC(=O)OC(=O)C(F)(F)F)C[N+](C)(C)C)cc1. The zero-order chi connectivity index (χ0) is 29.0. The van der Waals surface area contributed by atoms with Crippen LogP contribution in [0.25, 0.3) is 0 Å². The van der Waals surface area contributed by atoms with Gasteiger partial charge in [0.15, 0.2) is 0 Å². The predicted molar refractivity (Wildman–Crippen MR) is 134 cm³/mol. The lowest BCUT2D eigenvalue weighted by molar-refractivity contribution is -0.871. The molecule has 0 fully saturated rings. The number of benzene rings is 1. The lowest BCUT2D eigenvalue weighted by Gasteiger charge is -2.29. The maximum atomic E-state index is 12.9. The highest BCUT2D eigenvalue weighted by atomic mass is 32.2. The number of esters is 2. The number of alkyl halides is 3. The lowest BCUT2D eigenvalue weighted by atomic mass is 10.1. The van der Waals surface area contributed by atoms with Gasteiger partial charge in [0.05, 0.1) is 51.7 Å². The highest BCUT2D eigenvalue weighted by Gasteiger charge is 2.43. The molecule has 0 spiro atoms. The Kier molecular flexibility index (Phi) is 13.2. The van der Waals surface area contributed by atoms with E-state index in [1.807, 2.05) is 0 Å². The van der Waals surface area contributed by atoms with Crippen LogP contribution < -0.4 is 10.0 Å². The first-order valence-electron chi connectivity index (χ1n) is 12.2. The minimum absolute atomic E-state index is 0.00137. The molecule has 0 bridgehead atoms. The summed E-state index contributed by atoms with van der Waals surface area (Å²) in [6, 6.07) is 3.92. The van der Waals surface area contributed by atoms with Gasteiger partial charge in [0.1, 0.15) is 0 Å². The second kappa shape index (κ2) is 15.0. The first kappa shape index (κ1) is 33.3. The van der Waals surface area contributed by atoms with Gasteiger partial charge in [0.25, 0.3) is 0 Å². The number of amides is 1. The fraction of sp³-hybridized carbons (Fsp3) is 0.625. The Bertz CT molecular complexity index is 1020. The van der Waals surface area contributed by atoms with E-state index in [1.165, 1.54) is 30.7 Å². The number of carbonyl (C=O) groups excluding carboxylic acids is 3. The second-order valence-corrected chi connectivity index (χ2v) is 11.5. The van der Waals surface area contributed by atoms with Crippen LogP contribution in [-0.4, -0.2) is 77.4 Å². The average Bonchev–Trinajstić information content (AvgIpc) is 2.76. The van der Waals surface area contributed by atoms with Gasteiger partial charge in [-0.3, -0.25) is 10.1 Å². The van der Waals surface area contributed by atoms with Gasteiger partial charge in [-0.25, -0.2) is 22.7 Å². The van der Waals surface area contributed by atoms with Crippen molar-refractivity contribution in [3.63, 3.8) is 0 Å². The molecule has 38 heavy (non-hydrogen) atoms. The number of sulfonamides is 1. The molecule has 0 heterocycles. The monoisotopic (exact) mass is 568 g/mol. The van der Waals surface area contributed by atoms with Gasteiger partial charge < -0.3 is 14.0 Å². The van der Waals surface area contributed by atoms with Crippen molar-refractivity contribution in [3.05, 3.63) is 24.3 Å². The van der Waals surface area contributed by atoms with Crippen LogP contribution in [0.15, 0.2) is 29.2 Å². The van der Waals surface area contributed by atoms with Crippen LogP contribution in [0.5, 0.6) is 0 Å². The number of ether oxygens (including phenoxy) is 2. The van der Waals surface area contributed by atoms with Crippen molar-refractivity contribution in [1.29, 1.82) is 0 Å². The molecule has 0 aliphatic carbocycles. The first-order valence-corrected chi connectivity index (χ1v) is 13.7. The molecular weight excluding hydrogens is 531 g/mol. The number of nitrogens with zero attached hydrogens (tertiary/aromatic N) is 1. The highest BCUT2D eigenvalue weighted by molar-refractivity contribution is 7.89. The first-order chi connectivity index (χ1) is 17.5. The van der Waals surface area contributed by atoms with E-state index >= 15 is 0 Å². The molecule has 0 aliphatic heterocycles. The maximum absolute atomic E-state index is 12.9. The molecule has 1 aromatic rings. The summed E-state index contributed by atoms with van der Waals surface area (Å²) in [5.41, 5.74) is 0.286. The second-order valence-electron chi connectivity index (χ2n) is 9.81. The van der Waals surface area contributed by atoms with Crippen LogP contribution in [0.2, 0.25) is 0 Å². The van der Waals surface area contributed by atoms with Crippen LogP contribution in [0.3, 0.4) is 0 Å². The van der Waals surface area contributed by atoms with Gasteiger partial charge >= 0.3 is 24.2 Å². The smallest absolute Gasteiger partial charge is 0.449 e. The molecule has 216 valence electrons. The van der Waals surface area contributed by atoms with E-state index in [9.17, 15) is 36.0 Å². The molecule has 0 aliphatic rings. The normalized spacial score (nSPS) is 13.0. The number of nitrogens with one attached hydrogen (secondary N) is 2. The van der Waals surface area contributed by atoms with Crippen molar-refractivity contribution in [1.82, 2.24) is 4.72 Å². The highest BCUT2D eigenvalue weighted by Crippen LogP contribution is 2.18. The van der Waals surface area contributed by atoms with Gasteiger partial charge in [-0.1, -0.05) is 39.0 Å². The van der Waals surface area contributed by atoms with Crippen LogP contribution in [-0.2, 0) is 29.1 Å². The molecule has 1 rings (SSSR count). The third kappa shape index (κ3) is 13.7. The van der Waals surface area contributed by atoms with Gasteiger partial charge in [-0.05, 0) is 30.7 Å². The summed E-state index contributed by atoms with van der Waals surface area (Å²) in [4.78, 5) is 34.5. The summed E-state index contributed by atoms with van der Waals surface area (Å²) >= 11 is 0. The number of halogens is 3. The summed E-state index contributed by atoms with van der Waals surface area (Å²) in [5, 5.41) is 2.50. The molecule has 1 atom stereocenters. The summed E-state index contributed by atoms with van der Waals surface area (Å²) in [6.07, 6.45) is -0.604. The van der Waals surface area contributed by atoms with E-state index in [0.717, 1.165) is 32.1 Å². The van der Waals surface area contributed by atoms with Crippen molar-refractivity contribution in [3.8, 4) is 0 Å². The Labute approximate surface area is 221 Å². The number of likely N-dealkylation sites (N-methyl/N-ethyl adjacent to an activating group) is 1. The number of carbonyl (C=O) groups is 3. The Morgan fingerprint density at radius 3 is 2.11 bits per heavy atom. The Morgan fingerprint density at radius 1 is 0.974 bits per heavy atom. The topological polar surface area (TPSA) is 128 Å². The van der Waals surface area contributed by atoms with Gasteiger partial charge in [0.2, 0.25) is 10.0 Å². The van der Waals surface area contributed by atoms with Crippen molar-refractivity contribution in [2.45, 2.75) is 69.0 Å². The molecule has 0 saturated heterocycles. The standard InChI is InChI=1S/C24H36F3N3O7S/c1-5-6-7-8-9-10-15-36-23(33)28-18-11-13-20(14-12-18)38(34,35)29-19(17-30(2,3)4)16-21(31)37-22(32)24(25,26)27/h11-14,19,29H,5-10,15-17H2,1-4H3/p+1/t19-/m1/s1. The molecular formula is C24H37F3N3O7S+. The fourth-order valence-corrected chi connectivity index (χ4v) is 4.64. The van der Waals surface area contributed by atoms with E-state index < -0.39 is 46.7 Å². The Hall–Kier alpha value is -2.71. The van der Waals surface area contributed by atoms with Gasteiger partial charge in [-0.15, -0.1) is 0 Å². The van der Waals surface area contributed by atoms with Crippen LogP contribution in [0.4, 0.5) is 23.7 Å². The molecule has 2 N–H and O–H groups in total. The van der Waals surface area contributed by atoms with E-state index in [0.29, 0.717) is 0 Å². The van der Waals surface area contributed by atoms with Crippen LogP contribution >= 0.6 is 0 Å². The van der Waals surface area contributed by atoms with Crippen molar-refractivity contribution in [2.24, 2.45) is 0 Å². The van der Waals surface area contributed by atoms with E-state index in [-0.39, 0.29) is 28.2 Å². The number of hydrogen-bond acceptors (Lipinski definition) is 7. The van der Waals surface area contributed by atoms with E-state index in [4.69, 9.17) is 4.74 Å². The minimum Gasteiger partial charge on any atom is -0.449 e. The lowest BCUT2D eigenvalue weighted by Crippen LogP contribution is -2.50. The maximum Gasteiger partial charge on any atom is 0.491 e.